The van der Waals surface area contributed by atoms with Crippen LogP contribution in [0.3, 0.4) is 0 Å². The maximum atomic E-state index is 13.6. The molecule has 0 radical (unpaired) electrons. The minimum atomic E-state index is -3.03. The van der Waals surface area contributed by atoms with E-state index in [1.165, 1.54) is 12.3 Å². The number of hydrogen-bond donors (Lipinski definition) is 1. The molecule has 2 aromatic rings. The van der Waals surface area contributed by atoms with E-state index in [9.17, 15) is 17.6 Å². The molecule has 1 N–H and O–H groups in total. The first-order valence-electron chi connectivity index (χ1n) is 7.62. The zero-order valence-electron chi connectivity index (χ0n) is 12.9. The number of rotatable bonds is 4. The van der Waals surface area contributed by atoms with E-state index in [1.54, 1.807) is 30.3 Å². The second kappa shape index (κ2) is 6.68. The molecule has 5 nitrogen and oxygen atoms in total. The molecule has 1 fully saturated rings. The van der Waals surface area contributed by atoms with Crippen LogP contribution >= 0.6 is 0 Å². The number of hydrogen-bond acceptors (Lipinski definition) is 4. The van der Waals surface area contributed by atoms with Gasteiger partial charge in [-0.25, -0.2) is 12.8 Å². The Kier molecular flexibility index (Phi) is 4.62. The van der Waals surface area contributed by atoms with Gasteiger partial charge >= 0.3 is 0 Å². The second-order valence-electron chi connectivity index (χ2n) is 5.88. The monoisotopic (exact) mass is 348 g/mol. The van der Waals surface area contributed by atoms with Gasteiger partial charge in [0.25, 0.3) is 5.91 Å². The molecule has 2 heterocycles. The maximum absolute atomic E-state index is 13.6. The van der Waals surface area contributed by atoms with Gasteiger partial charge in [0.2, 0.25) is 0 Å². The number of nitrogens with zero attached hydrogens (tertiary/aromatic N) is 1. The first kappa shape index (κ1) is 16.6. The van der Waals surface area contributed by atoms with Gasteiger partial charge in [0.1, 0.15) is 5.82 Å². The summed E-state index contributed by atoms with van der Waals surface area (Å²) in [5.74, 6) is -0.541. The predicted octanol–water partition coefficient (Wildman–Crippen LogP) is 1.73. The zero-order valence-corrected chi connectivity index (χ0v) is 13.7. The van der Waals surface area contributed by atoms with Crippen LogP contribution in [0.4, 0.5) is 4.39 Å². The zero-order chi connectivity index (χ0) is 17.2. The van der Waals surface area contributed by atoms with Gasteiger partial charge in [-0.15, -0.1) is 0 Å². The average molecular weight is 348 g/mol. The Morgan fingerprint density at radius 2 is 2.04 bits per heavy atom. The van der Waals surface area contributed by atoms with Crippen molar-refractivity contribution in [1.82, 2.24) is 10.3 Å². The molecule has 0 aliphatic carbocycles. The number of benzene rings is 1. The van der Waals surface area contributed by atoms with Crippen molar-refractivity contribution in [3.63, 3.8) is 0 Å². The summed E-state index contributed by atoms with van der Waals surface area (Å²) in [6.45, 7) is 0. The van der Waals surface area contributed by atoms with Crippen molar-refractivity contribution in [2.24, 2.45) is 0 Å². The molecule has 3 rings (SSSR count). The Morgan fingerprint density at radius 1 is 1.25 bits per heavy atom. The minimum Gasteiger partial charge on any atom is -0.348 e. The summed E-state index contributed by atoms with van der Waals surface area (Å²) in [6, 6.07) is 9.42. The van der Waals surface area contributed by atoms with Crippen molar-refractivity contribution in [3.05, 3.63) is 65.2 Å². The van der Waals surface area contributed by atoms with E-state index in [0.29, 0.717) is 29.7 Å². The lowest BCUT2D eigenvalue weighted by molar-refractivity contribution is 0.0940. The van der Waals surface area contributed by atoms with Crippen LogP contribution in [0.1, 0.15) is 28.0 Å². The van der Waals surface area contributed by atoms with E-state index in [2.05, 4.69) is 10.3 Å². The molecule has 1 aliphatic heterocycles. The number of aromatic nitrogens is 1. The van der Waals surface area contributed by atoms with Crippen molar-refractivity contribution < 1.29 is 17.6 Å². The van der Waals surface area contributed by atoms with Crippen molar-refractivity contribution >= 4 is 15.7 Å². The standard InChI is InChI=1S/C17H17FN2O3S/c18-16-4-2-1-3-12(16)9-14-6-5-13(10-19-14)17(21)20-15-7-8-24(22,23)11-15/h1-6,10,15H,7-9,11H2,(H,20,21). The first-order valence-corrected chi connectivity index (χ1v) is 9.45. The topological polar surface area (TPSA) is 76.1 Å². The van der Waals surface area contributed by atoms with E-state index < -0.39 is 9.84 Å². The summed E-state index contributed by atoms with van der Waals surface area (Å²) >= 11 is 0. The third-order valence-corrected chi connectivity index (χ3v) is 5.75. The Hall–Kier alpha value is -2.28. The Morgan fingerprint density at radius 3 is 2.67 bits per heavy atom. The van der Waals surface area contributed by atoms with Crippen molar-refractivity contribution in [2.45, 2.75) is 18.9 Å². The molecule has 0 spiro atoms. The van der Waals surface area contributed by atoms with Gasteiger partial charge in [0.15, 0.2) is 9.84 Å². The van der Waals surface area contributed by atoms with E-state index in [-0.39, 0.29) is 29.3 Å². The molecule has 24 heavy (non-hydrogen) atoms. The SMILES string of the molecule is O=C(NC1CCS(=O)(=O)C1)c1ccc(Cc2ccccc2F)nc1. The van der Waals surface area contributed by atoms with E-state index in [0.717, 1.165) is 0 Å². The molecule has 1 amide bonds. The van der Waals surface area contributed by atoms with Gasteiger partial charge in [-0.3, -0.25) is 9.78 Å². The molecule has 7 heteroatoms. The number of sulfone groups is 1. The number of nitrogens with one attached hydrogen (secondary N) is 1. The summed E-state index contributed by atoms with van der Waals surface area (Å²) in [5.41, 5.74) is 1.55. The number of halogens is 1. The van der Waals surface area contributed by atoms with Crippen molar-refractivity contribution in [1.29, 1.82) is 0 Å². The fraction of sp³-hybridized carbons (Fsp3) is 0.294. The molecule has 126 valence electrons. The lowest BCUT2D eigenvalue weighted by atomic mass is 10.1. The number of carbonyl (C=O) groups is 1. The van der Waals surface area contributed by atoms with Crippen LogP contribution in [0, 0.1) is 5.82 Å². The van der Waals surface area contributed by atoms with E-state index in [4.69, 9.17) is 0 Å². The Balaban J connectivity index is 1.64. The van der Waals surface area contributed by atoms with Crippen molar-refractivity contribution in [2.75, 3.05) is 11.5 Å². The molecular weight excluding hydrogens is 331 g/mol. The predicted molar refractivity (Wildman–Crippen MR) is 88.0 cm³/mol. The number of pyridine rings is 1. The molecule has 1 saturated heterocycles. The summed E-state index contributed by atoms with van der Waals surface area (Å²) in [7, 11) is -3.03. The Bertz CT molecular complexity index is 850. The highest BCUT2D eigenvalue weighted by Crippen LogP contribution is 2.14. The summed E-state index contributed by atoms with van der Waals surface area (Å²) < 4.78 is 36.5. The summed E-state index contributed by atoms with van der Waals surface area (Å²) in [4.78, 5) is 16.3. The second-order valence-corrected chi connectivity index (χ2v) is 8.11. The van der Waals surface area contributed by atoms with E-state index >= 15 is 0 Å². The first-order chi connectivity index (χ1) is 11.4. The van der Waals surface area contributed by atoms with Crippen LogP contribution in [0.25, 0.3) is 0 Å². The molecule has 1 unspecified atom stereocenters. The molecule has 1 aromatic heterocycles. The van der Waals surface area contributed by atoms with Crippen LogP contribution in [0.2, 0.25) is 0 Å². The molecule has 1 atom stereocenters. The molecular formula is C17H17FN2O3S. The third-order valence-electron chi connectivity index (χ3n) is 3.98. The van der Waals surface area contributed by atoms with E-state index in [1.807, 2.05) is 0 Å². The fourth-order valence-electron chi connectivity index (χ4n) is 2.68. The lowest BCUT2D eigenvalue weighted by Gasteiger charge is -2.11. The molecule has 1 aliphatic rings. The quantitative estimate of drug-likeness (QED) is 0.913. The smallest absolute Gasteiger partial charge is 0.253 e. The maximum Gasteiger partial charge on any atom is 0.253 e. The normalized spacial score (nSPS) is 19.1. The number of carbonyl (C=O) groups excluding carboxylic acids is 1. The van der Waals surface area contributed by atoms with Crippen molar-refractivity contribution in [3.8, 4) is 0 Å². The summed E-state index contributed by atoms with van der Waals surface area (Å²) in [6.07, 6.45) is 2.21. The van der Waals surface area contributed by atoms with Gasteiger partial charge < -0.3 is 5.32 Å². The van der Waals surface area contributed by atoms with Crippen LogP contribution in [-0.2, 0) is 16.3 Å². The average Bonchev–Trinajstić information content (AvgIpc) is 2.89. The molecule has 0 saturated carbocycles. The highest BCUT2D eigenvalue weighted by atomic mass is 32.2. The van der Waals surface area contributed by atoms with Crippen LogP contribution in [0.5, 0.6) is 0 Å². The van der Waals surface area contributed by atoms with Gasteiger partial charge in [-0.2, -0.15) is 0 Å². The molecule has 0 bridgehead atoms. The fourth-order valence-corrected chi connectivity index (χ4v) is 4.35. The largest absolute Gasteiger partial charge is 0.348 e. The number of amides is 1. The third kappa shape index (κ3) is 3.97. The highest BCUT2D eigenvalue weighted by molar-refractivity contribution is 7.91. The van der Waals surface area contributed by atoms with Crippen LogP contribution in [0.15, 0.2) is 42.6 Å². The van der Waals surface area contributed by atoms with Gasteiger partial charge in [-0.05, 0) is 30.2 Å². The lowest BCUT2D eigenvalue weighted by Crippen LogP contribution is -2.35. The minimum absolute atomic E-state index is 0.0163. The van der Waals surface area contributed by atoms with Gasteiger partial charge in [-0.1, -0.05) is 18.2 Å². The summed E-state index contributed by atoms with van der Waals surface area (Å²) in [5, 5.41) is 2.71. The van der Waals surface area contributed by atoms with Gasteiger partial charge in [0.05, 0.1) is 17.1 Å². The Labute approximate surface area is 139 Å². The van der Waals surface area contributed by atoms with Crippen LogP contribution in [-0.4, -0.2) is 36.9 Å². The van der Waals surface area contributed by atoms with Gasteiger partial charge in [0, 0.05) is 24.4 Å². The highest BCUT2D eigenvalue weighted by Gasteiger charge is 2.29. The molecule has 1 aromatic carbocycles. The van der Waals surface area contributed by atoms with Crippen LogP contribution < -0.4 is 5.32 Å².